The Kier molecular flexibility index (Phi) is 5.12. The Bertz CT molecular complexity index is 1070. The molecule has 2 aromatic heterocycles. The fraction of sp³-hybridized carbons (Fsp3) is 0.227. The molecular formula is C22H22FN3O2. The molecule has 0 aliphatic rings. The Hall–Kier alpha value is -3.12. The number of rotatable bonds is 7. The first-order chi connectivity index (χ1) is 13.7. The molecule has 0 aliphatic carbocycles. The van der Waals surface area contributed by atoms with Crippen molar-refractivity contribution in [3.63, 3.8) is 0 Å². The van der Waals surface area contributed by atoms with Gasteiger partial charge in [-0.25, -0.2) is 9.37 Å². The predicted molar refractivity (Wildman–Crippen MR) is 106 cm³/mol. The van der Waals surface area contributed by atoms with Crippen LogP contribution in [0.4, 0.5) is 4.39 Å². The summed E-state index contributed by atoms with van der Waals surface area (Å²) in [4.78, 5) is 3.96. The molecule has 0 fully saturated rings. The molecule has 0 bridgehead atoms. The summed E-state index contributed by atoms with van der Waals surface area (Å²) < 4.78 is 27.7. The molecule has 1 N–H and O–H groups in total. The average Bonchev–Trinajstić information content (AvgIpc) is 3.37. The minimum Gasteiger partial charge on any atom is -0.490 e. The van der Waals surface area contributed by atoms with Gasteiger partial charge in [0.1, 0.15) is 11.6 Å². The second kappa shape index (κ2) is 7.86. The number of hydrogen-bond acceptors (Lipinski definition) is 4. The molecule has 6 heteroatoms. The average molecular weight is 379 g/mol. The zero-order valence-electron chi connectivity index (χ0n) is 15.9. The normalized spacial score (nSPS) is 12.4. The third-order valence-electron chi connectivity index (χ3n) is 4.66. The van der Waals surface area contributed by atoms with Gasteiger partial charge in [0, 0.05) is 24.3 Å². The predicted octanol–water partition coefficient (Wildman–Crippen LogP) is 5.01. The van der Waals surface area contributed by atoms with Crippen LogP contribution in [0.3, 0.4) is 0 Å². The third-order valence-corrected chi connectivity index (χ3v) is 4.66. The summed E-state index contributed by atoms with van der Waals surface area (Å²) in [5.41, 5.74) is 2.10. The van der Waals surface area contributed by atoms with Gasteiger partial charge < -0.3 is 19.0 Å². The van der Waals surface area contributed by atoms with E-state index in [1.807, 2.05) is 44.2 Å². The summed E-state index contributed by atoms with van der Waals surface area (Å²) in [6, 6.07) is 13.1. The number of fused-ring (bicyclic) bond motifs is 1. The molecule has 0 radical (unpaired) electrons. The van der Waals surface area contributed by atoms with Crippen molar-refractivity contribution in [2.75, 3.05) is 6.61 Å². The van der Waals surface area contributed by atoms with Gasteiger partial charge in [0.15, 0.2) is 11.3 Å². The molecule has 28 heavy (non-hydrogen) atoms. The van der Waals surface area contributed by atoms with Gasteiger partial charge in [-0.1, -0.05) is 18.2 Å². The lowest BCUT2D eigenvalue weighted by Gasteiger charge is -2.12. The number of halogens is 1. The number of aromatic nitrogens is 2. The van der Waals surface area contributed by atoms with Gasteiger partial charge in [-0.3, -0.25) is 0 Å². The van der Waals surface area contributed by atoms with Gasteiger partial charge in [-0.05, 0) is 43.7 Å². The van der Waals surface area contributed by atoms with Gasteiger partial charge in [0.05, 0.1) is 24.7 Å². The number of nitrogens with zero attached hydrogens (tertiary/aromatic N) is 2. The fourth-order valence-corrected chi connectivity index (χ4v) is 3.18. The SMILES string of the molecule is CCOc1cccc2cc(C(C)NCc3ccc(-n4ccnc4)c(F)c3)oc12. The van der Waals surface area contributed by atoms with Crippen LogP contribution in [-0.2, 0) is 6.54 Å². The first kappa shape index (κ1) is 18.3. The van der Waals surface area contributed by atoms with Crippen molar-refractivity contribution in [1.29, 1.82) is 0 Å². The second-order valence-electron chi connectivity index (χ2n) is 6.61. The van der Waals surface area contributed by atoms with Crippen LogP contribution in [0.5, 0.6) is 5.75 Å². The van der Waals surface area contributed by atoms with Crippen molar-refractivity contribution in [2.45, 2.75) is 26.4 Å². The van der Waals surface area contributed by atoms with Crippen LogP contribution in [-0.4, -0.2) is 16.2 Å². The van der Waals surface area contributed by atoms with Crippen molar-refractivity contribution < 1.29 is 13.5 Å². The molecular weight excluding hydrogens is 357 g/mol. The number of benzene rings is 2. The zero-order valence-corrected chi connectivity index (χ0v) is 15.9. The van der Waals surface area contributed by atoms with Crippen molar-refractivity contribution in [3.05, 3.63) is 78.3 Å². The number of ether oxygens (including phenoxy) is 1. The molecule has 0 saturated carbocycles. The summed E-state index contributed by atoms with van der Waals surface area (Å²) in [6.45, 7) is 5.08. The first-order valence-corrected chi connectivity index (χ1v) is 9.31. The molecule has 144 valence electrons. The third kappa shape index (κ3) is 3.64. The highest BCUT2D eigenvalue weighted by Crippen LogP contribution is 2.31. The van der Waals surface area contributed by atoms with Crippen molar-refractivity contribution >= 4 is 11.0 Å². The Morgan fingerprint density at radius 3 is 2.89 bits per heavy atom. The highest BCUT2D eigenvalue weighted by atomic mass is 19.1. The maximum atomic E-state index is 14.4. The standard InChI is InChI=1S/C22H22FN3O2/c1-3-27-20-6-4-5-17-12-21(28-22(17)20)15(2)25-13-16-7-8-19(18(23)11-16)26-10-9-24-14-26/h4-12,14-15,25H,3,13H2,1-2H3. The summed E-state index contributed by atoms with van der Waals surface area (Å²) in [7, 11) is 0. The Labute approximate surface area is 162 Å². The quantitative estimate of drug-likeness (QED) is 0.491. The largest absolute Gasteiger partial charge is 0.490 e. The van der Waals surface area contributed by atoms with Crippen LogP contribution in [0, 0.1) is 5.82 Å². The lowest BCUT2D eigenvalue weighted by Crippen LogP contribution is -2.17. The van der Waals surface area contributed by atoms with Gasteiger partial charge in [-0.15, -0.1) is 0 Å². The number of nitrogens with one attached hydrogen (secondary N) is 1. The number of para-hydroxylation sites is 1. The van der Waals surface area contributed by atoms with Gasteiger partial charge >= 0.3 is 0 Å². The van der Waals surface area contributed by atoms with E-state index in [2.05, 4.69) is 10.3 Å². The fourth-order valence-electron chi connectivity index (χ4n) is 3.18. The van der Waals surface area contributed by atoms with E-state index in [1.54, 1.807) is 35.4 Å². The van der Waals surface area contributed by atoms with E-state index in [0.717, 1.165) is 28.0 Å². The minimum absolute atomic E-state index is 0.0294. The summed E-state index contributed by atoms with van der Waals surface area (Å²) in [5, 5.41) is 4.39. The van der Waals surface area contributed by atoms with Crippen LogP contribution in [0.15, 0.2) is 65.6 Å². The topological polar surface area (TPSA) is 52.2 Å². The summed E-state index contributed by atoms with van der Waals surface area (Å²) in [5.74, 6) is 1.28. The maximum absolute atomic E-state index is 14.4. The van der Waals surface area contributed by atoms with Crippen molar-refractivity contribution in [3.8, 4) is 11.4 Å². The highest BCUT2D eigenvalue weighted by molar-refractivity contribution is 5.83. The van der Waals surface area contributed by atoms with E-state index in [0.29, 0.717) is 18.8 Å². The monoisotopic (exact) mass is 379 g/mol. The van der Waals surface area contributed by atoms with E-state index < -0.39 is 0 Å². The molecule has 5 nitrogen and oxygen atoms in total. The zero-order chi connectivity index (χ0) is 19.5. The molecule has 0 aliphatic heterocycles. The van der Waals surface area contributed by atoms with Gasteiger partial charge in [0.2, 0.25) is 0 Å². The number of imidazole rings is 1. The highest BCUT2D eigenvalue weighted by Gasteiger charge is 2.14. The van der Waals surface area contributed by atoms with E-state index in [-0.39, 0.29) is 11.9 Å². The van der Waals surface area contributed by atoms with E-state index in [1.165, 1.54) is 0 Å². The first-order valence-electron chi connectivity index (χ1n) is 9.31. The molecule has 0 spiro atoms. The van der Waals surface area contributed by atoms with E-state index in [9.17, 15) is 4.39 Å². The summed E-state index contributed by atoms with van der Waals surface area (Å²) in [6.07, 6.45) is 4.92. The maximum Gasteiger partial charge on any atom is 0.176 e. The molecule has 4 rings (SSSR count). The minimum atomic E-state index is -0.282. The molecule has 0 saturated heterocycles. The molecule has 1 atom stereocenters. The molecule has 4 aromatic rings. The van der Waals surface area contributed by atoms with Gasteiger partial charge in [0.25, 0.3) is 0 Å². The van der Waals surface area contributed by atoms with E-state index >= 15 is 0 Å². The Morgan fingerprint density at radius 2 is 2.14 bits per heavy atom. The van der Waals surface area contributed by atoms with Gasteiger partial charge in [-0.2, -0.15) is 0 Å². The van der Waals surface area contributed by atoms with Crippen LogP contribution >= 0.6 is 0 Å². The van der Waals surface area contributed by atoms with Crippen LogP contribution < -0.4 is 10.1 Å². The van der Waals surface area contributed by atoms with Crippen LogP contribution in [0.2, 0.25) is 0 Å². The smallest absolute Gasteiger partial charge is 0.176 e. The Morgan fingerprint density at radius 1 is 1.25 bits per heavy atom. The molecule has 2 heterocycles. The lowest BCUT2D eigenvalue weighted by molar-refractivity contribution is 0.336. The molecule has 0 amide bonds. The van der Waals surface area contributed by atoms with Crippen molar-refractivity contribution in [1.82, 2.24) is 14.9 Å². The second-order valence-corrected chi connectivity index (χ2v) is 6.61. The van der Waals surface area contributed by atoms with Crippen LogP contribution in [0.25, 0.3) is 16.7 Å². The lowest BCUT2D eigenvalue weighted by atomic mass is 10.1. The van der Waals surface area contributed by atoms with Crippen LogP contribution in [0.1, 0.15) is 31.2 Å². The van der Waals surface area contributed by atoms with E-state index in [4.69, 9.17) is 9.15 Å². The Balaban J connectivity index is 1.47. The van der Waals surface area contributed by atoms with Crippen molar-refractivity contribution in [2.24, 2.45) is 0 Å². The number of hydrogen-bond donors (Lipinski definition) is 1. The summed E-state index contributed by atoms with van der Waals surface area (Å²) >= 11 is 0. The molecule has 2 aromatic carbocycles. The number of furan rings is 1. The molecule has 1 unspecified atom stereocenters.